The molecular formula is C10H13F2NO. The predicted octanol–water partition coefficient (Wildman–Crippen LogP) is 1.17. The minimum absolute atomic E-state index is 0.00417. The van der Waals surface area contributed by atoms with Gasteiger partial charge in [0.05, 0.1) is 6.54 Å². The van der Waals surface area contributed by atoms with Crippen LogP contribution in [0.3, 0.4) is 0 Å². The summed E-state index contributed by atoms with van der Waals surface area (Å²) < 4.78 is 25.8. The van der Waals surface area contributed by atoms with Crippen molar-refractivity contribution in [2.24, 2.45) is 5.92 Å². The zero-order chi connectivity index (χ0) is 10.1. The zero-order valence-electron chi connectivity index (χ0n) is 7.75. The first-order valence-electron chi connectivity index (χ1n) is 4.88. The van der Waals surface area contributed by atoms with Gasteiger partial charge in [-0.15, -0.1) is 0 Å². The van der Waals surface area contributed by atoms with Gasteiger partial charge in [0, 0.05) is 12.5 Å². The molecule has 0 amide bonds. The molecule has 14 heavy (non-hydrogen) atoms. The fourth-order valence-electron chi connectivity index (χ4n) is 2.07. The van der Waals surface area contributed by atoms with E-state index in [0.717, 1.165) is 0 Å². The number of Topliss-reactive ketones (excluding diaryl/α,β-unsaturated/α-hetero) is 1. The van der Waals surface area contributed by atoms with Crippen molar-refractivity contribution in [1.29, 1.82) is 0 Å². The van der Waals surface area contributed by atoms with Crippen molar-refractivity contribution in [3.05, 3.63) is 12.2 Å². The third kappa shape index (κ3) is 1.85. The van der Waals surface area contributed by atoms with Crippen LogP contribution in [0.5, 0.6) is 0 Å². The Labute approximate surface area is 81.4 Å². The van der Waals surface area contributed by atoms with Crippen LogP contribution in [0.1, 0.15) is 12.8 Å². The summed E-state index contributed by atoms with van der Waals surface area (Å²) in [6.45, 7) is 0.366. The molecule has 1 heterocycles. The fourth-order valence-corrected chi connectivity index (χ4v) is 2.07. The monoisotopic (exact) mass is 201 g/mol. The Hall–Kier alpha value is -0.770. The van der Waals surface area contributed by atoms with Gasteiger partial charge in [-0.2, -0.15) is 0 Å². The topological polar surface area (TPSA) is 29.1 Å². The molecule has 1 fully saturated rings. The quantitative estimate of drug-likeness (QED) is 0.645. The molecule has 2 aliphatic rings. The second-order valence-electron chi connectivity index (χ2n) is 3.98. The molecule has 2 nitrogen and oxygen atoms in total. The van der Waals surface area contributed by atoms with E-state index in [1.165, 1.54) is 6.08 Å². The highest BCUT2D eigenvalue weighted by molar-refractivity contribution is 5.83. The van der Waals surface area contributed by atoms with E-state index in [1.54, 1.807) is 6.08 Å². The third-order valence-corrected chi connectivity index (χ3v) is 2.91. The minimum Gasteiger partial charge on any atom is -0.306 e. The number of rotatable bonds is 1. The van der Waals surface area contributed by atoms with E-state index in [-0.39, 0.29) is 24.2 Å². The fraction of sp³-hybridized carbons (Fsp3) is 0.700. The van der Waals surface area contributed by atoms with Gasteiger partial charge < -0.3 is 5.32 Å². The van der Waals surface area contributed by atoms with Crippen molar-refractivity contribution in [2.45, 2.75) is 31.2 Å². The number of nitrogens with one attached hydrogen (secondary N) is 1. The molecule has 4 atom stereocenters. The number of allylic oxidation sites excluding steroid dienone is 1. The Morgan fingerprint density at radius 2 is 2.14 bits per heavy atom. The van der Waals surface area contributed by atoms with E-state index in [4.69, 9.17) is 0 Å². The van der Waals surface area contributed by atoms with Gasteiger partial charge >= 0.3 is 0 Å². The first-order chi connectivity index (χ1) is 6.66. The molecule has 4 heteroatoms. The van der Waals surface area contributed by atoms with Gasteiger partial charge in [0.15, 0.2) is 0 Å². The van der Waals surface area contributed by atoms with E-state index in [0.29, 0.717) is 13.0 Å². The second-order valence-corrected chi connectivity index (χ2v) is 3.98. The smallest absolute Gasteiger partial charge is 0.149 e. The standard InChI is InChI=1S/C10H13F2NO/c11-8-2-1-6(3-9(8)12)10-4-7(14)5-13-10/h1-2,6,8-10,13H,3-5H2/t6?,8?,9?,10-/m1/s1. The lowest BCUT2D eigenvalue weighted by Crippen LogP contribution is -2.35. The van der Waals surface area contributed by atoms with E-state index < -0.39 is 12.3 Å². The summed E-state index contributed by atoms with van der Waals surface area (Å²) in [6, 6.07) is 0.00417. The van der Waals surface area contributed by atoms with Gasteiger partial charge in [-0.3, -0.25) is 4.79 Å². The number of halogens is 2. The number of hydrogen-bond acceptors (Lipinski definition) is 2. The van der Waals surface area contributed by atoms with Gasteiger partial charge in [-0.05, 0) is 12.3 Å². The van der Waals surface area contributed by atoms with Crippen molar-refractivity contribution in [3.8, 4) is 0 Å². The molecule has 1 N–H and O–H groups in total. The molecule has 0 bridgehead atoms. The molecule has 0 spiro atoms. The summed E-state index contributed by atoms with van der Waals surface area (Å²) in [4.78, 5) is 11.0. The van der Waals surface area contributed by atoms with Crippen LogP contribution < -0.4 is 5.32 Å². The van der Waals surface area contributed by atoms with E-state index >= 15 is 0 Å². The number of carbonyl (C=O) groups is 1. The Morgan fingerprint density at radius 1 is 1.36 bits per heavy atom. The number of ketones is 1. The van der Waals surface area contributed by atoms with Crippen LogP contribution in [-0.2, 0) is 4.79 Å². The Kier molecular flexibility index (Phi) is 2.63. The Balaban J connectivity index is 1.99. The van der Waals surface area contributed by atoms with E-state index in [9.17, 15) is 13.6 Å². The normalized spacial score (nSPS) is 43.1. The molecule has 2 rings (SSSR count). The maximum atomic E-state index is 13.0. The summed E-state index contributed by atoms with van der Waals surface area (Å²) in [7, 11) is 0. The van der Waals surface area contributed by atoms with E-state index in [2.05, 4.69) is 5.32 Å². The van der Waals surface area contributed by atoms with Gasteiger partial charge in [0.2, 0.25) is 0 Å². The van der Waals surface area contributed by atoms with Gasteiger partial charge in [0.1, 0.15) is 18.1 Å². The summed E-state index contributed by atoms with van der Waals surface area (Å²) in [6.07, 6.45) is 0.701. The summed E-state index contributed by atoms with van der Waals surface area (Å²) in [5.41, 5.74) is 0. The van der Waals surface area contributed by atoms with Gasteiger partial charge in [0.25, 0.3) is 0 Å². The van der Waals surface area contributed by atoms with Crippen LogP contribution in [0.25, 0.3) is 0 Å². The summed E-state index contributed by atoms with van der Waals surface area (Å²) in [5, 5.41) is 3.02. The molecule has 0 radical (unpaired) electrons. The number of alkyl halides is 2. The largest absolute Gasteiger partial charge is 0.306 e. The third-order valence-electron chi connectivity index (χ3n) is 2.91. The predicted molar refractivity (Wildman–Crippen MR) is 48.5 cm³/mol. The van der Waals surface area contributed by atoms with Crippen molar-refractivity contribution >= 4 is 5.78 Å². The Morgan fingerprint density at radius 3 is 2.71 bits per heavy atom. The highest BCUT2D eigenvalue weighted by atomic mass is 19.2. The summed E-state index contributed by atoms with van der Waals surface area (Å²) >= 11 is 0. The van der Waals surface area contributed by atoms with Crippen LogP contribution in [0.15, 0.2) is 12.2 Å². The maximum absolute atomic E-state index is 13.0. The lowest BCUT2D eigenvalue weighted by atomic mass is 9.87. The highest BCUT2D eigenvalue weighted by Gasteiger charge is 2.33. The number of carbonyl (C=O) groups excluding carboxylic acids is 1. The van der Waals surface area contributed by atoms with Crippen molar-refractivity contribution < 1.29 is 13.6 Å². The molecule has 3 unspecified atom stereocenters. The van der Waals surface area contributed by atoms with Gasteiger partial charge in [-0.1, -0.05) is 12.2 Å². The molecule has 0 saturated carbocycles. The van der Waals surface area contributed by atoms with Crippen LogP contribution >= 0.6 is 0 Å². The van der Waals surface area contributed by atoms with Crippen LogP contribution in [0.4, 0.5) is 8.78 Å². The zero-order valence-corrected chi connectivity index (χ0v) is 7.75. The molecule has 0 aromatic heterocycles. The first-order valence-corrected chi connectivity index (χ1v) is 4.88. The molecular weight excluding hydrogens is 188 g/mol. The molecule has 1 aliphatic heterocycles. The van der Waals surface area contributed by atoms with Crippen molar-refractivity contribution in [2.75, 3.05) is 6.54 Å². The average Bonchev–Trinajstić information content (AvgIpc) is 2.57. The van der Waals surface area contributed by atoms with Crippen molar-refractivity contribution in [1.82, 2.24) is 5.32 Å². The Bertz CT molecular complexity index is 267. The molecule has 78 valence electrons. The van der Waals surface area contributed by atoms with Crippen molar-refractivity contribution in [3.63, 3.8) is 0 Å². The molecule has 0 aromatic rings. The van der Waals surface area contributed by atoms with Gasteiger partial charge in [-0.25, -0.2) is 8.78 Å². The van der Waals surface area contributed by atoms with E-state index in [1.807, 2.05) is 0 Å². The lowest BCUT2D eigenvalue weighted by Gasteiger charge is -2.26. The minimum atomic E-state index is -1.47. The molecule has 1 aliphatic carbocycles. The van der Waals surface area contributed by atoms with Crippen LogP contribution in [0, 0.1) is 5.92 Å². The SMILES string of the molecule is O=C1CN[C@@H](C2C=CC(F)C(F)C2)C1. The molecule has 1 saturated heterocycles. The second kappa shape index (κ2) is 3.77. The first kappa shape index (κ1) is 9.77. The van der Waals surface area contributed by atoms with Crippen LogP contribution in [-0.4, -0.2) is 30.7 Å². The summed E-state index contributed by atoms with van der Waals surface area (Å²) in [5.74, 6) is 0.115. The average molecular weight is 201 g/mol. The highest BCUT2D eigenvalue weighted by Crippen LogP contribution is 2.27. The lowest BCUT2D eigenvalue weighted by molar-refractivity contribution is -0.116. The van der Waals surface area contributed by atoms with Crippen LogP contribution in [0.2, 0.25) is 0 Å². The number of hydrogen-bond donors (Lipinski definition) is 1. The maximum Gasteiger partial charge on any atom is 0.149 e. The molecule has 0 aromatic carbocycles.